The Morgan fingerprint density at radius 3 is 2.84 bits per heavy atom. The van der Waals surface area contributed by atoms with Crippen molar-refractivity contribution in [2.75, 3.05) is 6.54 Å². The van der Waals surface area contributed by atoms with Crippen molar-refractivity contribution in [2.45, 2.75) is 45.1 Å². The average molecular weight is 265 g/mol. The van der Waals surface area contributed by atoms with Crippen LogP contribution in [0, 0.1) is 0 Å². The highest BCUT2D eigenvalue weighted by molar-refractivity contribution is 5.94. The molecule has 1 aromatic heterocycles. The highest BCUT2D eigenvalue weighted by atomic mass is 16.2. The Hall–Kier alpha value is -1.92. The van der Waals surface area contributed by atoms with Gasteiger partial charge in [-0.05, 0) is 26.2 Å². The van der Waals surface area contributed by atoms with Crippen LogP contribution in [0.15, 0.2) is 0 Å². The lowest BCUT2D eigenvalue weighted by molar-refractivity contribution is -0.122. The zero-order valence-corrected chi connectivity index (χ0v) is 11.2. The second-order valence-corrected chi connectivity index (χ2v) is 4.80. The number of hydrogen-bond acceptors (Lipinski definition) is 4. The summed E-state index contributed by atoms with van der Waals surface area (Å²) >= 11 is 0. The van der Waals surface area contributed by atoms with Crippen LogP contribution in [0.3, 0.4) is 0 Å². The Morgan fingerprint density at radius 2 is 2.21 bits per heavy atom. The van der Waals surface area contributed by atoms with Crippen molar-refractivity contribution < 1.29 is 9.59 Å². The topological polar surface area (TPSA) is 99.8 Å². The fourth-order valence-electron chi connectivity index (χ4n) is 1.64. The lowest BCUT2D eigenvalue weighted by Crippen LogP contribution is -2.45. The summed E-state index contributed by atoms with van der Waals surface area (Å²) in [5.41, 5.74) is 0. The highest BCUT2D eigenvalue weighted by Crippen LogP contribution is 2.37. The third kappa shape index (κ3) is 3.52. The van der Waals surface area contributed by atoms with Crippen LogP contribution in [0.2, 0.25) is 0 Å². The first-order valence-corrected chi connectivity index (χ1v) is 6.62. The van der Waals surface area contributed by atoms with Crippen LogP contribution in [0.1, 0.15) is 55.5 Å². The normalized spacial score (nSPS) is 15.9. The molecular formula is C12H19N5O2. The van der Waals surface area contributed by atoms with E-state index >= 15 is 0 Å². The zero-order valence-electron chi connectivity index (χ0n) is 11.2. The molecule has 1 aromatic rings. The quantitative estimate of drug-likeness (QED) is 0.690. The van der Waals surface area contributed by atoms with E-state index < -0.39 is 11.9 Å². The molecule has 1 aliphatic rings. The molecule has 1 unspecified atom stereocenters. The summed E-state index contributed by atoms with van der Waals surface area (Å²) in [6, 6.07) is -0.595. The van der Waals surface area contributed by atoms with Gasteiger partial charge in [0.1, 0.15) is 11.9 Å². The van der Waals surface area contributed by atoms with Gasteiger partial charge in [-0.25, -0.2) is 4.98 Å². The van der Waals surface area contributed by atoms with Crippen molar-refractivity contribution in [3.05, 3.63) is 11.6 Å². The molecule has 104 valence electrons. The van der Waals surface area contributed by atoms with E-state index in [1.807, 2.05) is 6.92 Å². The SMILES string of the molecule is CCCNC(=O)C(C)NC(=O)c1n[nH]c(C2CC2)n1. The van der Waals surface area contributed by atoms with Gasteiger partial charge in [-0.2, -0.15) is 0 Å². The molecular weight excluding hydrogens is 246 g/mol. The Balaban J connectivity index is 1.86. The fraction of sp³-hybridized carbons (Fsp3) is 0.667. The second-order valence-electron chi connectivity index (χ2n) is 4.80. The van der Waals surface area contributed by atoms with Gasteiger partial charge in [-0.15, -0.1) is 5.10 Å². The fourth-order valence-corrected chi connectivity index (χ4v) is 1.64. The number of amides is 2. The molecule has 1 aliphatic carbocycles. The molecule has 3 N–H and O–H groups in total. The number of nitrogens with one attached hydrogen (secondary N) is 3. The highest BCUT2D eigenvalue weighted by Gasteiger charge is 2.28. The molecule has 19 heavy (non-hydrogen) atoms. The van der Waals surface area contributed by atoms with Crippen molar-refractivity contribution >= 4 is 11.8 Å². The summed E-state index contributed by atoms with van der Waals surface area (Å²) in [4.78, 5) is 27.6. The second kappa shape index (κ2) is 5.81. The Morgan fingerprint density at radius 1 is 1.47 bits per heavy atom. The van der Waals surface area contributed by atoms with Crippen LogP contribution in [0.4, 0.5) is 0 Å². The van der Waals surface area contributed by atoms with Gasteiger partial charge in [0.05, 0.1) is 0 Å². The third-order valence-electron chi connectivity index (χ3n) is 2.96. The van der Waals surface area contributed by atoms with Crippen LogP contribution < -0.4 is 10.6 Å². The molecule has 0 bridgehead atoms. The zero-order chi connectivity index (χ0) is 13.8. The monoisotopic (exact) mass is 265 g/mol. The van der Waals surface area contributed by atoms with Gasteiger partial charge in [0.15, 0.2) is 0 Å². The van der Waals surface area contributed by atoms with Gasteiger partial charge in [0.25, 0.3) is 5.91 Å². The van der Waals surface area contributed by atoms with E-state index in [9.17, 15) is 9.59 Å². The number of aromatic amines is 1. The Kier molecular flexibility index (Phi) is 4.13. The van der Waals surface area contributed by atoms with Crippen molar-refractivity contribution in [3.63, 3.8) is 0 Å². The first-order valence-electron chi connectivity index (χ1n) is 6.62. The average Bonchev–Trinajstić information content (AvgIpc) is 3.13. The van der Waals surface area contributed by atoms with Gasteiger partial charge in [0, 0.05) is 12.5 Å². The van der Waals surface area contributed by atoms with Crippen LogP contribution in [-0.2, 0) is 4.79 Å². The molecule has 2 amide bonds. The van der Waals surface area contributed by atoms with Crippen molar-refractivity contribution in [1.82, 2.24) is 25.8 Å². The molecule has 2 rings (SSSR count). The minimum Gasteiger partial charge on any atom is -0.354 e. The van der Waals surface area contributed by atoms with Gasteiger partial charge in [-0.3, -0.25) is 14.7 Å². The van der Waals surface area contributed by atoms with Crippen LogP contribution in [0.5, 0.6) is 0 Å². The number of H-pyrrole nitrogens is 1. The maximum absolute atomic E-state index is 11.9. The number of rotatable bonds is 6. The minimum atomic E-state index is -0.595. The first-order chi connectivity index (χ1) is 9.11. The maximum atomic E-state index is 11.9. The lowest BCUT2D eigenvalue weighted by Gasteiger charge is -2.12. The summed E-state index contributed by atoms with van der Waals surface area (Å²) < 4.78 is 0. The third-order valence-corrected chi connectivity index (χ3v) is 2.96. The molecule has 7 heteroatoms. The smallest absolute Gasteiger partial charge is 0.291 e. The molecule has 1 fully saturated rings. The minimum absolute atomic E-state index is 0.0945. The van der Waals surface area contributed by atoms with E-state index in [1.165, 1.54) is 0 Å². The van der Waals surface area contributed by atoms with Crippen molar-refractivity contribution in [1.29, 1.82) is 0 Å². The summed E-state index contributed by atoms with van der Waals surface area (Å²) in [5.74, 6) is 0.639. The molecule has 0 saturated heterocycles. The predicted molar refractivity (Wildman–Crippen MR) is 68.6 cm³/mol. The molecule has 7 nitrogen and oxygen atoms in total. The van der Waals surface area contributed by atoms with E-state index in [0.29, 0.717) is 12.5 Å². The summed E-state index contributed by atoms with van der Waals surface area (Å²) in [6.07, 6.45) is 3.04. The van der Waals surface area contributed by atoms with Gasteiger partial charge < -0.3 is 10.6 Å². The van der Waals surface area contributed by atoms with E-state index in [1.54, 1.807) is 6.92 Å². The lowest BCUT2D eigenvalue weighted by atomic mass is 10.3. The molecule has 1 saturated carbocycles. The van der Waals surface area contributed by atoms with Crippen molar-refractivity contribution in [3.8, 4) is 0 Å². The number of carbonyl (C=O) groups is 2. The van der Waals surface area contributed by atoms with Gasteiger partial charge >= 0.3 is 0 Å². The molecule has 0 radical (unpaired) electrons. The summed E-state index contributed by atoms with van der Waals surface area (Å²) in [5, 5.41) is 11.9. The molecule has 0 spiro atoms. The molecule has 1 atom stereocenters. The van der Waals surface area contributed by atoms with E-state index in [-0.39, 0.29) is 11.7 Å². The summed E-state index contributed by atoms with van der Waals surface area (Å²) in [6.45, 7) is 4.21. The van der Waals surface area contributed by atoms with Crippen LogP contribution in [-0.4, -0.2) is 39.6 Å². The number of carbonyl (C=O) groups excluding carboxylic acids is 2. The molecule has 0 aromatic carbocycles. The van der Waals surface area contributed by atoms with Crippen LogP contribution in [0.25, 0.3) is 0 Å². The van der Waals surface area contributed by atoms with Crippen LogP contribution >= 0.6 is 0 Å². The molecule has 0 aliphatic heterocycles. The predicted octanol–water partition coefficient (Wildman–Crippen LogP) is 0.327. The number of hydrogen-bond donors (Lipinski definition) is 3. The van der Waals surface area contributed by atoms with Crippen molar-refractivity contribution in [2.24, 2.45) is 0 Å². The first kappa shape index (κ1) is 13.5. The van der Waals surface area contributed by atoms with E-state index in [4.69, 9.17) is 0 Å². The van der Waals surface area contributed by atoms with E-state index in [2.05, 4.69) is 25.8 Å². The van der Waals surface area contributed by atoms with Gasteiger partial charge in [0.2, 0.25) is 11.7 Å². The Bertz CT molecular complexity index is 466. The van der Waals surface area contributed by atoms with Gasteiger partial charge in [-0.1, -0.05) is 6.92 Å². The summed E-state index contributed by atoms with van der Waals surface area (Å²) in [7, 11) is 0. The number of nitrogens with zero attached hydrogens (tertiary/aromatic N) is 2. The number of aromatic nitrogens is 3. The largest absolute Gasteiger partial charge is 0.354 e. The maximum Gasteiger partial charge on any atom is 0.291 e. The van der Waals surface area contributed by atoms with E-state index in [0.717, 1.165) is 25.1 Å². The Labute approximate surface area is 111 Å². The molecule has 1 heterocycles. The standard InChI is InChI=1S/C12H19N5O2/c1-3-6-13-11(18)7(2)14-12(19)10-15-9(16-17-10)8-4-5-8/h7-8H,3-6H2,1-2H3,(H,13,18)(H,14,19)(H,15,16,17).